The minimum absolute atomic E-state index is 0.00484. The van der Waals surface area contributed by atoms with Crippen molar-refractivity contribution in [1.82, 2.24) is 0 Å². The van der Waals surface area contributed by atoms with Crippen LogP contribution >= 0.6 is 11.3 Å². The fourth-order valence-electron chi connectivity index (χ4n) is 10.9. The van der Waals surface area contributed by atoms with Crippen LogP contribution < -0.4 is 0 Å². The van der Waals surface area contributed by atoms with Crippen LogP contribution in [0.5, 0.6) is 0 Å². The monoisotopic (exact) mass is 912 g/mol. The van der Waals surface area contributed by atoms with E-state index >= 15 is 0 Å². The Morgan fingerprint density at radius 2 is 0.594 bits per heavy atom. The fourth-order valence-corrected chi connectivity index (χ4v) is 12.1. The first-order valence-electron chi connectivity index (χ1n) is 24.9. The number of hydrogen-bond acceptors (Lipinski definition) is 1. The van der Waals surface area contributed by atoms with Gasteiger partial charge in [-0.25, -0.2) is 0 Å². The third kappa shape index (κ3) is 7.66. The van der Waals surface area contributed by atoms with Crippen LogP contribution in [0.25, 0.3) is 108 Å². The van der Waals surface area contributed by atoms with Crippen molar-refractivity contribution in [2.24, 2.45) is 0 Å². The van der Waals surface area contributed by atoms with Gasteiger partial charge in [-0.2, -0.15) is 0 Å². The third-order valence-corrected chi connectivity index (χ3v) is 16.0. The first-order valence-corrected chi connectivity index (χ1v) is 25.7. The Labute approximate surface area is 413 Å². The second kappa shape index (κ2) is 16.0. The van der Waals surface area contributed by atoms with Gasteiger partial charge in [0.25, 0.3) is 0 Å². The van der Waals surface area contributed by atoms with E-state index in [1.807, 2.05) is 11.3 Å². The van der Waals surface area contributed by atoms with Crippen LogP contribution in [-0.2, 0) is 21.7 Å². The average molecular weight is 913 g/mol. The SMILES string of the molecule is CC(C)(C)c1cc(-c2c3ccccc3c(-c3ccc4sc5cccc(-c6c7ccccc7c(-c7cc(C(C)(C)C)cc(C(C)(C)C)c7)c7ccccc67)c5c4c3)c3ccccc23)cc(C(C)(C)C)c1. The summed E-state index contributed by atoms with van der Waals surface area (Å²) in [7, 11) is 0. The summed E-state index contributed by atoms with van der Waals surface area (Å²) in [6.07, 6.45) is 0. The molecule has 11 aromatic rings. The van der Waals surface area contributed by atoms with E-state index in [9.17, 15) is 0 Å². The van der Waals surface area contributed by atoms with Gasteiger partial charge in [-0.1, -0.05) is 235 Å². The van der Waals surface area contributed by atoms with E-state index in [-0.39, 0.29) is 21.7 Å². The zero-order valence-corrected chi connectivity index (χ0v) is 43.4. The van der Waals surface area contributed by atoms with Gasteiger partial charge in [-0.05, 0) is 150 Å². The zero-order chi connectivity index (χ0) is 48.4. The number of fused-ring (bicyclic) bond motifs is 7. The molecular formula is C68H64S. The van der Waals surface area contributed by atoms with Crippen molar-refractivity contribution < 1.29 is 0 Å². The van der Waals surface area contributed by atoms with Gasteiger partial charge in [-0.15, -0.1) is 11.3 Å². The molecule has 0 saturated heterocycles. The van der Waals surface area contributed by atoms with Crippen LogP contribution in [-0.4, -0.2) is 0 Å². The van der Waals surface area contributed by atoms with Crippen LogP contribution in [0.2, 0.25) is 0 Å². The molecule has 0 spiro atoms. The zero-order valence-electron chi connectivity index (χ0n) is 42.6. The van der Waals surface area contributed by atoms with Crippen LogP contribution in [0.15, 0.2) is 170 Å². The van der Waals surface area contributed by atoms with E-state index in [2.05, 4.69) is 253 Å². The molecule has 0 amide bonds. The Balaban J connectivity index is 1.18. The summed E-state index contributed by atoms with van der Waals surface area (Å²) in [6.45, 7) is 28.0. The van der Waals surface area contributed by atoms with E-state index in [1.54, 1.807) is 0 Å². The number of thiophene rings is 1. The quantitative estimate of drug-likeness (QED) is 0.154. The summed E-state index contributed by atoms with van der Waals surface area (Å²) in [5.41, 5.74) is 15.8. The Bertz CT molecular complexity index is 3680. The van der Waals surface area contributed by atoms with Gasteiger partial charge in [0.1, 0.15) is 0 Å². The third-order valence-electron chi connectivity index (χ3n) is 14.8. The predicted octanol–water partition coefficient (Wildman–Crippen LogP) is 20.5. The molecule has 0 unspecified atom stereocenters. The van der Waals surface area contributed by atoms with Gasteiger partial charge < -0.3 is 0 Å². The van der Waals surface area contributed by atoms with E-state index in [0.29, 0.717) is 0 Å². The first kappa shape index (κ1) is 44.9. The summed E-state index contributed by atoms with van der Waals surface area (Å²) in [5.74, 6) is 0. The lowest BCUT2D eigenvalue weighted by Gasteiger charge is -2.27. The Morgan fingerprint density at radius 3 is 0.942 bits per heavy atom. The summed E-state index contributed by atoms with van der Waals surface area (Å²) in [5, 5.41) is 12.9. The highest BCUT2D eigenvalue weighted by Crippen LogP contribution is 2.51. The largest absolute Gasteiger partial charge is 0.135 e. The Hall–Kier alpha value is -6.54. The lowest BCUT2D eigenvalue weighted by Crippen LogP contribution is -2.16. The van der Waals surface area contributed by atoms with E-state index < -0.39 is 0 Å². The van der Waals surface area contributed by atoms with Gasteiger partial charge in [0.2, 0.25) is 0 Å². The standard InChI is InChI=1S/C68H64S/c1-65(2,3)44-34-42(35-45(39-44)66(4,5)6)61-50-24-15-13-22-48(50)60(49-23-14-16-25-51(49)61)41-32-33-58-57(38-41)64-56(30-21-31-59(64)69-58)63-54-28-19-17-26-52(54)62(53-27-18-20-29-55(53)63)43-36-46(67(7,8)9)40-47(37-43)68(10,11)12/h13-40H,1-12H3. The van der Waals surface area contributed by atoms with E-state index in [0.717, 1.165) is 0 Å². The van der Waals surface area contributed by atoms with Crippen molar-refractivity contribution in [3.8, 4) is 44.5 Å². The fraction of sp³-hybridized carbons (Fsp3) is 0.235. The van der Waals surface area contributed by atoms with Crippen molar-refractivity contribution in [3.63, 3.8) is 0 Å². The van der Waals surface area contributed by atoms with Crippen molar-refractivity contribution in [3.05, 3.63) is 192 Å². The van der Waals surface area contributed by atoms with Crippen LogP contribution in [0.1, 0.15) is 105 Å². The molecule has 1 heterocycles. The molecule has 0 aliphatic carbocycles. The van der Waals surface area contributed by atoms with E-state index in [4.69, 9.17) is 0 Å². The van der Waals surface area contributed by atoms with Crippen molar-refractivity contribution in [1.29, 1.82) is 0 Å². The maximum atomic E-state index is 2.51. The molecule has 0 radical (unpaired) electrons. The molecule has 0 bridgehead atoms. The number of benzene rings is 10. The molecule has 11 rings (SSSR count). The lowest BCUT2D eigenvalue weighted by atomic mass is 9.77. The maximum absolute atomic E-state index is 2.51. The highest BCUT2D eigenvalue weighted by atomic mass is 32.1. The Morgan fingerprint density at radius 1 is 0.261 bits per heavy atom. The number of rotatable bonds is 4. The molecular weight excluding hydrogens is 849 g/mol. The average Bonchev–Trinajstić information content (AvgIpc) is 3.69. The van der Waals surface area contributed by atoms with E-state index in [1.165, 1.54) is 130 Å². The van der Waals surface area contributed by atoms with Crippen LogP contribution in [0.3, 0.4) is 0 Å². The summed E-state index contributed by atoms with van der Waals surface area (Å²) >= 11 is 1.91. The summed E-state index contributed by atoms with van der Waals surface area (Å²) in [4.78, 5) is 0. The molecule has 0 aliphatic rings. The van der Waals surface area contributed by atoms with Gasteiger partial charge in [0.15, 0.2) is 0 Å². The second-order valence-corrected chi connectivity index (χ2v) is 24.9. The van der Waals surface area contributed by atoms with Gasteiger partial charge in [-0.3, -0.25) is 0 Å². The van der Waals surface area contributed by atoms with Crippen molar-refractivity contribution >= 4 is 74.6 Å². The highest BCUT2D eigenvalue weighted by molar-refractivity contribution is 7.26. The lowest BCUT2D eigenvalue weighted by molar-refractivity contribution is 0.568. The second-order valence-electron chi connectivity index (χ2n) is 23.8. The molecule has 342 valence electrons. The van der Waals surface area contributed by atoms with Gasteiger partial charge in [0, 0.05) is 20.2 Å². The Kier molecular flexibility index (Phi) is 10.4. The maximum Gasteiger partial charge on any atom is 0.0361 e. The normalized spacial score (nSPS) is 12.9. The highest BCUT2D eigenvalue weighted by Gasteiger charge is 2.27. The molecule has 69 heavy (non-hydrogen) atoms. The summed E-state index contributed by atoms with van der Waals surface area (Å²) in [6, 6.07) is 65.5. The minimum atomic E-state index is 0.00484. The number of hydrogen-bond donors (Lipinski definition) is 0. The van der Waals surface area contributed by atoms with Crippen molar-refractivity contribution in [2.45, 2.75) is 105 Å². The summed E-state index contributed by atoms with van der Waals surface area (Å²) < 4.78 is 2.61. The molecule has 1 heteroatoms. The smallest absolute Gasteiger partial charge is 0.0361 e. The minimum Gasteiger partial charge on any atom is -0.135 e. The molecule has 0 aliphatic heterocycles. The topological polar surface area (TPSA) is 0 Å². The molecule has 0 saturated carbocycles. The van der Waals surface area contributed by atoms with Gasteiger partial charge >= 0.3 is 0 Å². The molecule has 10 aromatic carbocycles. The molecule has 0 atom stereocenters. The predicted molar refractivity (Wildman–Crippen MR) is 306 cm³/mol. The van der Waals surface area contributed by atoms with Crippen molar-refractivity contribution in [2.75, 3.05) is 0 Å². The van der Waals surface area contributed by atoms with Crippen LogP contribution in [0.4, 0.5) is 0 Å². The molecule has 1 aromatic heterocycles. The van der Waals surface area contributed by atoms with Gasteiger partial charge in [0.05, 0.1) is 0 Å². The van der Waals surface area contributed by atoms with Crippen LogP contribution in [0, 0.1) is 0 Å². The molecule has 0 fully saturated rings. The molecule has 0 nitrogen and oxygen atoms in total. The molecule has 0 N–H and O–H groups in total. The first-order chi connectivity index (χ1) is 32.8.